The first-order valence-electron chi connectivity index (χ1n) is 5.66. The summed E-state index contributed by atoms with van der Waals surface area (Å²) in [5.74, 6) is -0.408. The number of benzene rings is 1. The lowest BCUT2D eigenvalue weighted by molar-refractivity contribution is -0.385. The molecule has 0 heterocycles. The van der Waals surface area contributed by atoms with Gasteiger partial charge in [0.05, 0.1) is 15.3 Å². The number of nitrogens with two attached hydrogens (primary N) is 1. The lowest BCUT2D eigenvalue weighted by atomic mass is 10.1. The largest absolute Gasteiger partial charge is 0.326 e. The molecule has 2 rings (SSSR count). The van der Waals surface area contributed by atoms with Crippen LogP contribution < -0.4 is 11.1 Å². The van der Waals surface area contributed by atoms with Gasteiger partial charge in [-0.1, -0.05) is 12.2 Å². The van der Waals surface area contributed by atoms with Crippen molar-refractivity contribution in [3.63, 3.8) is 0 Å². The van der Waals surface area contributed by atoms with Crippen LogP contribution in [0.5, 0.6) is 0 Å². The molecular weight excluding hydrogens is 314 g/mol. The molecule has 0 saturated carbocycles. The molecule has 100 valence electrons. The number of anilines is 1. The van der Waals surface area contributed by atoms with Crippen molar-refractivity contribution in [1.82, 2.24) is 0 Å². The molecule has 7 heteroatoms. The Labute approximate surface area is 117 Å². The number of carbonyl (C=O) groups excluding carboxylic acids is 1. The van der Waals surface area contributed by atoms with Gasteiger partial charge in [0.2, 0.25) is 5.91 Å². The standard InChI is InChI=1S/C12H12BrN3O3/c13-10-6-9(3-4-11(10)16(18)19)15-12(17)7-1-2-8(14)5-7/h1-4,6-8H,5,14H2,(H,15,17). The van der Waals surface area contributed by atoms with Crippen LogP contribution in [0.4, 0.5) is 11.4 Å². The van der Waals surface area contributed by atoms with Crippen molar-refractivity contribution >= 4 is 33.2 Å². The van der Waals surface area contributed by atoms with Crippen LogP contribution in [0.25, 0.3) is 0 Å². The number of hydrogen-bond acceptors (Lipinski definition) is 4. The SMILES string of the molecule is NC1C=CC(C(=O)Nc2ccc([N+](=O)[O-])c(Br)c2)C1. The first kappa shape index (κ1) is 13.7. The van der Waals surface area contributed by atoms with Gasteiger partial charge in [-0.15, -0.1) is 0 Å². The Morgan fingerprint density at radius 2 is 2.21 bits per heavy atom. The van der Waals surface area contributed by atoms with Crippen molar-refractivity contribution in [2.45, 2.75) is 12.5 Å². The minimum Gasteiger partial charge on any atom is -0.326 e. The van der Waals surface area contributed by atoms with Gasteiger partial charge in [-0.05, 0) is 34.5 Å². The normalized spacial score (nSPS) is 21.4. The van der Waals surface area contributed by atoms with E-state index < -0.39 is 4.92 Å². The lowest BCUT2D eigenvalue weighted by Crippen LogP contribution is -2.23. The Kier molecular flexibility index (Phi) is 3.96. The molecule has 3 N–H and O–H groups in total. The molecule has 1 aliphatic rings. The average molecular weight is 326 g/mol. The maximum absolute atomic E-state index is 11.9. The van der Waals surface area contributed by atoms with Crippen LogP contribution in [0.1, 0.15) is 6.42 Å². The summed E-state index contributed by atoms with van der Waals surface area (Å²) in [7, 11) is 0. The van der Waals surface area contributed by atoms with E-state index in [9.17, 15) is 14.9 Å². The van der Waals surface area contributed by atoms with Crippen LogP contribution in [-0.4, -0.2) is 16.9 Å². The number of halogens is 1. The highest BCUT2D eigenvalue weighted by Gasteiger charge is 2.23. The van der Waals surface area contributed by atoms with Crippen molar-refractivity contribution in [2.75, 3.05) is 5.32 Å². The van der Waals surface area contributed by atoms with Crippen molar-refractivity contribution in [1.29, 1.82) is 0 Å². The van der Waals surface area contributed by atoms with Crippen LogP contribution in [0.15, 0.2) is 34.8 Å². The quantitative estimate of drug-likeness (QED) is 0.505. The van der Waals surface area contributed by atoms with E-state index in [1.54, 1.807) is 12.2 Å². The summed E-state index contributed by atoms with van der Waals surface area (Å²) in [5, 5.41) is 13.4. The molecule has 0 radical (unpaired) electrons. The summed E-state index contributed by atoms with van der Waals surface area (Å²) in [4.78, 5) is 22.1. The molecule has 0 aliphatic heterocycles. The van der Waals surface area contributed by atoms with Crippen molar-refractivity contribution < 1.29 is 9.72 Å². The molecule has 19 heavy (non-hydrogen) atoms. The minimum absolute atomic E-state index is 0.0409. The third kappa shape index (κ3) is 3.18. The first-order chi connectivity index (χ1) is 8.97. The van der Waals surface area contributed by atoms with Crippen molar-refractivity contribution in [3.05, 3.63) is 44.9 Å². The zero-order valence-corrected chi connectivity index (χ0v) is 11.5. The molecule has 2 unspecified atom stereocenters. The summed E-state index contributed by atoms with van der Waals surface area (Å²) >= 11 is 3.10. The Bertz CT molecular complexity index is 559. The molecular formula is C12H12BrN3O3. The van der Waals surface area contributed by atoms with Crippen LogP contribution in [0.2, 0.25) is 0 Å². The molecule has 0 fully saturated rings. The molecule has 0 bridgehead atoms. The number of nitrogens with zero attached hydrogens (tertiary/aromatic N) is 1. The molecule has 1 aromatic carbocycles. The Morgan fingerprint density at radius 1 is 1.47 bits per heavy atom. The predicted molar refractivity (Wildman–Crippen MR) is 74.6 cm³/mol. The minimum atomic E-state index is -0.492. The van der Waals surface area contributed by atoms with Crippen molar-refractivity contribution in [2.24, 2.45) is 11.7 Å². The van der Waals surface area contributed by atoms with Gasteiger partial charge < -0.3 is 11.1 Å². The molecule has 0 aromatic heterocycles. The van der Waals surface area contributed by atoms with E-state index in [0.717, 1.165) is 0 Å². The second-order valence-electron chi connectivity index (χ2n) is 4.30. The smallest absolute Gasteiger partial charge is 0.283 e. The highest BCUT2D eigenvalue weighted by atomic mass is 79.9. The zero-order valence-electron chi connectivity index (χ0n) is 9.88. The van der Waals surface area contributed by atoms with E-state index in [1.807, 2.05) is 0 Å². The van der Waals surface area contributed by atoms with Gasteiger partial charge in [-0.25, -0.2) is 0 Å². The van der Waals surface area contributed by atoms with E-state index in [4.69, 9.17) is 5.73 Å². The summed E-state index contributed by atoms with van der Waals surface area (Å²) in [6.45, 7) is 0. The van der Waals surface area contributed by atoms with E-state index >= 15 is 0 Å². The van der Waals surface area contributed by atoms with E-state index in [2.05, 4.69) is 21.2 Å². The number of carbonyl (C=O) groups is 1. The summed E-state index contributed by atoms with van der Waals surface area (Å²) in [6, 6.07) is 4.27. The van der Waals surface area contributed by atoms with Gasteiger partial charge in [0.15, 0.2) is 0 Å². The van der Waals surface area contributed by atoms with Gasteiger partial charge in [0.25, 0.3) is 5.69 Å². The number of hydrogen-bond donors (Lipinski definition) is 2. The second kappa shape index (κ2) is 5.50. The number of amides is 1. The third-order valence-corrected chi connectivity index (χ3v) is 3.50. The first-order valence-corrected chi connectivity index (χ1v) is 6.45. The summed E-state index contributed by atoms with van der Waals surface area (Å²) < 4.78 is 0.328. The van der Waals surface area contributed by atoms with E-state index in [0.29, 0.717) is 16.6 Å². The van der Waals surface area contributed by atoms with E-state index in [1.165, 1.54) is 18.2 Å². The number of rotatable bonds is 3. The highest BCUT2D eigenvalue weighted by molar-refractivity contribution is 9.10. The number of nitro benzene ring substituents is 1. The average Bonchev–Trinajstić information content (AvgIpc) is 2.75. The molecule has 6 nitrogen and oxygen atoms in total. The molecule has 2 atom stereocenters. The predicted octanol–water partition coefficient (Wildman–Crippen LogP) is 2.20. The van der Waals surface area contributed by atoms with E-state index in [-0.39, 0.29) is 23.6 Å². The summed E-state index contributed by atoms with van der Waals surface area (Å²) in [6.07, 6.45) is 4.16. The fraction of sp³-hybridized carbons (Fsp3) is 0.250. The highest BCUT2D eigenvalue weighted by Crippen LogP contribution is 2.28. The Hall–Kier alpha value is -1.73. The van der Waals surface area contributed by atoms with Crippen molar-refractivity contribution in [3.8, 4) is 0 Å². The van der Waals surface area contributed by atoms with Crippen LogP contribution in [0.3, 0.4) is 0 Å². The van der Waals surface area contributed by atoms with Gasteiger partial charge in [0.1, 0.15) is 0 Å². The molecule has 0 spiro atoms. The van der Waals surface area contributed by atoms with Crippen LogP contribution in [0, 0.1) is 16.0 Å². The van der Waals surface area contributed by atoms with Crippen LogP contribution >= 0.6 is 15.9 Å². The maximum atomic E-state index is 11.9. The molecule has 0 saturated heterocycles. The topological polar surface area (TPSA) is 98.3 Å². The molecule has 1 aliphatic carbocycles. The number of nitro groups is 1. The molecule has 1 amide bonds. The third-order valence-electron chi connectivity index (χ3n) is 2.87. The van der Waals surface area contributed by atoms with Gasteiger partial charge in [-0.2, -0.15) is 0 Å². The van der Waals surface area contributed by atoms with Gasteiger partial charge >= 0.3 is 0 Å². The maximum Gasteiger partial charge on any atom is 0.283 e. The Balaban J connectivity index is 2.08. The fourth-order valence-corrected chi connectivity index (χ4v) is 2.41. The summed E-state index contributed by atoms with van der Waals surface area (Å²) in [5.41, 5.74) is 6.15. The Morgan fingerprint density at radius 3 is 2.74 bits per heavy atom. The lowest BCUT2D eigenvalue weighted by Gasteiger charge is -2.10. The van der Waals surface area contributed by atoms with Gasteiger partial charge in [0, 0.05) is 17.8 Å². The molecule has 1 aromatic rings. The fourth-order valence-electron chi connectivity index (χ4n) is 1.89. The zero-order chi connectivity index (χ0) is 14.0. The second-order valence-corrected chi connectivity index (χ2v) is 5.16. The number of nitrogens with one attached hydrogen (secondary N) is 1. The monoisotopic (exact) mass is 325 g/mol. The van der Waals surface area contributed by atoms with Gasteiger partial charge in [-0.3, -0.25) is 14.9 Å². The van der Waals surface area contributed by atoms with Crippen LogP contribution in [-0.2, 0) is 4.79 Å².